The Balaban J connectivity index is 0. The minimum absolute atomic E-state index is 0. The van der Waals surface area contributed by atoms with E-state index in [9.17, 15) is 0 Å². The van der Waals surface area contributed by atoms with Crippen LogP contribution in [0.15, 0.2) is 18.2 Å². The average molecular weight is 154 g/mol. The van der Waals surface area contributed by atoms with Gasteiger partial charge in [-0.05, 0) is 30.4 Å². The molecule has 0 fully saturated rings. The first-order chi connectivity index (χ1) is 5.11. The SMILES string of the molecule is Cc1ccc(B(O)O)cc1C.[HH].[HH]. The molecule has 0 heterocycles. The number of hydrogen-bond donors (Lipinski definition) is 2. The lowest BCUT2D eigenvalue weighted by Gasteiger charge is -2.02. The van der Waals surface area contributed by atoms with Crippen LogP contribution in [-0.4, -0.2) is 17.2 Å². The molecule has 1 aromatic rings. The van der Waals surface area contributed by atoms with Crippen molar-refractivity contribution in [2.75, 3.05) is 0 Å². The molecule has 62 valence electrons. The highest BCUT2D eigenvalue weighted by molar-refractivity contribution is 6.58. The van der Waals surface area contributed by atoms with E-state index in [1.165, 1.54) is 0 Å². The normalized spacial score (nSPS) is 9.82. The zero-order valence-corrected chi connectivity index (χ0v) is 6.70. The predicted molar refractivity (Wildman–Crippen MR) is 50.0 cm³/mol. The van der Waals surface area contributed by atoms with Crippen molar-refractivity contribution in [2.45, 2.75) is 13.8 Å². The summed E-state index contributed by atoms with van der Waals surface area (Å²) in [5.41, 5.74) is 2.79. The van der Waals surface area contributed by atoms with Crippen LogP contribution in [0, 0.1) is 13.8 Å². The average Bonchev–Trinajstić information content (AvgIpc) is 1.94. The molecular weight excluding hydrogens is 139 g/mol. The second-order valence-corrected chi connectivity index (χ2v) is 2.72. The molecule has 1 rings (SSSR count). The van der Waals surface area contributed by atoms with Crippen LogP contribution in [0.3, 0.4) is 0 Å². The summed E-state index contributed by atoms with van der Waals surface area (Å²) in [5, 5.41) is 17.6. The third-order valence-corrected chi connectivity index (χ3v) is 1.83. The minimum Gasteiger partial charge on any atom is -0.423 e. The Kier molecular flexibility index (Phi) is 2.32. The van der Waals surface area contributed by atoms with Crippen LogP contribution in [0.4, 0.5) is 0 Å². The molecule has 0 saturated carbocycles. The molecule has 0 aliphatic rings. The summed E-state index contributed by atoms with van der Waals surface area (Å²) in [6, 6.07) is 5.37. The van der Waals surface area contributed by atoms with Crippen LogP contribution in [0.5, 0.6) is 0 Å². The largest absolute Gasteiger partial charge is 0.488 e. The molecule has 2 nitrogen and oxygen atoms in total. The van der Waals surface area contributed by atoms with Crippen molar-refractivity contribution >= 4 is 12.6 Å². The van der Waals surface area contributed by atoms with Gasteiger partial charge in [-0.25, -0.2) is 0 Å². The monoisotopic (exact) mass is 154 g/mol. The van der Waals surface area contributed by atoms with E-state index in [0.717, 1.165) is 11.1 Å². The Morgan fingerprint density at radius 3 is 2.27 bits per heavy atom. The van der Waals surface area contributed by atoms with Gasteiger partial charge in [0.1, 0.15) is 0 Å². The smallest absolute Gasteiger partial charge is 0.423 e. The van der Waals surface area contributed by atoms with Crippen molar-refractivity contribution in [3.63, 3.8) is 0 Å². The summed E-state index contributed by atoms with van der Waals surface area (Å²) < 4.78 is 0. The highest BCUT2D eigenvalue weighted by Crippen LogP contribution is 2.02. The van der Waals surface area contributed by atoms with E-state index in [1.54, 1.807) is 12.1 Å². The number of benzene rings is 1. The van der Waals surface area contributed by atoms with Gasteiger partial charge in [0.05, 0.1) is 0 Å². The quantitative estimate of drug-likeness (QED) is 0.577. The summed E-state index contributed by atoms with van der Waals surface area (Å²) in [6.07, 6.45) is 0. The molecule has 0 atom stereocenters. The summed E-state index contributed by atoms with van der Waals surface area (Å²) in [5.74, 6) is 0. The molecule has 0 spiro atoms. The zero-order valence-electron chi connectivity index (χ0n) is 6.70. The number of rotatable bonds is 1. The van der Waals surface area contributed by atoms with Crippen LogP contribution >= 0.6 is 0 Å². The first kappa shape index (κ1) is 8.30. The van der Waals surface area contributed by atoms with Crippen molar-refractivity contribution in [3.05, 3.63) is 29.3 Å². The molecule has 0 unspecified atom stereocenters. The van der Waals surface area contributed by atoms with Gasteiger partial charge in [-0.15, -0.1) is 0 Å². The molecular formula is C8H15BO2. The lowest BCUT2D eigenvalue weighted by Crippen LogP contribution is -2.29. The fourth-order valence-electron chi connectivity index (χ4n) is 0.925. The van der Waals surface area contributed by atoms with Gasteiger partial charge in [0.15, 0.2) is 0 Å². The van der Waals surface area contributed by atoms with Gasteiger partial charge in [-0.1, -0.05) is 18.2 Å². The fourth-order valence-corrected chi connectivity index (χ4v) is 0.925. The summed E-state index contributed by atoms with van der Waals surface area (Å²) in [7, 11) is -1.35. The highest BCUT2D eigenvalue weighted by atomic mass is 16.4. The van der Waals surface area contributed by atoms with E-state index in [-0.39, 0.29) is 2.85 Å². The van der Waals surface area contributed by atoms with E-state index < -0.39 is 7.12 Å². The Labute approximate surface area is 69.6 Å². The Bertz CT molecular complexity index is 266. The molecule has 3 heteroatoms. The molecule has 0 aliphatic heterocycles. The third-order valence-electron chi connectivity index (χ3n) is 1.83. The Hall–Kier alpha value is -0.795. The lowest BCUT2D eigenvalue weighted by molar-refractivity contribution is 0.425. The van der Waals surface area contributed by atoms with E-state index in [4.69, 9.17) is 10.0 Å². The Morgan fingerprint density at radius 2 is 1.82 bits per heavy atom. The van der Waals surface area contributed by atoms with E-state index in [0.29, 0.717) is 5.46 Å². The molecule has 1 aromatic carbocycles. The maximum Gasteiger partial charge on any atom is 0.488 e. The van der Waals surface area contributed by atoms with E-state index in [1.807, 2.05) is 19.9 Å². The lowest BCUT2D eigenvalue weighted by atomic mass is 9.79. The molecule has 0 radical (unpaired) electrons. The zero-order chi connectivity index (χ0) is 8.43. The van der Waals surface area contributed by atoms with Crippen LogP contribution in [0.25, 0.3) is 0 Å². The molecule has 0 bridgehead atoms. The minimum atomic E-state index is -1.35. The molecule has 0 amide bonds. The fraction of sp³-hybridized carbons (Fsp3) is 0.250. The van der Waals surface area contributed by atoms with Gasteiger partial charge in [0, 0.05) is 2.85 Å². The maximum atomic E-state index is 8.79. The Morgan fingerprint density at radius 1 is 1.18 bits per heavy atom. The summed E-state index contributed by atoms with van der Waals surface area (Å²) >= 11 is 0. The van der Waals surface area contributed by atoms with Gasteiger partial charge >= 0.3 is 7.12 Å². The second kappa shape index (κ2) is 3.07. The first-order valence-corrected chi connectivity index (χ1v) is 3.54. The molecule has 0 aromatic heterocycles. The standard InChI is InChI=1S/C8H11BO2.2H2/c1-6-3-4-8(9(10)11)5-7(6)2;;/h3-5,10-11H,1-2H3;2*1H. The van der Waals surface area contributed by atoms with Crippen LogP contribution < -0.4 is 5.46 Å². The van der Waals surface area contributed by atoms with Crippen LogP contribution in [0.1, 0.15) is 14.0 Å². The first-order valence-electron chi connectivity index (χ1n) is 3.54. The second-order valence-electron chi connectivity index (χ2n) is 2.72. The predicted octanol–water partition coefficient (Wildman–Crippen LogP) is 0.475. The topological polar surface area (TPSA) is 40.5 Å². The van der Waals surface area contributed by atoms with Crippen molar-refractivity contribution in [2.24, 2.45) is 0 Å². The van der Waals surface area contributed by atoms with Gasteiger partial charge < -0.3 is 10.0 Å². The van der Waals surface area contributed by atoms with Crippen LogP contribution in [-0.2, 0) is 0 Å². The summed E-state index contributed by atoms with van der Waals surface area (Å²) in [4.78, 5) is 0. The molecule has 0 saturated heterocycles. The molecule has 11 heavy (non-hydrogen) atoms. The number of aryl methyl sites for hydroxylation is 2. The van der Waals surface area contributed by atoms with Gasteiger partial charge in [-0.3, -0.25) is 0 Å². The van der Waals surface area contributed by atoms with Crippen molar-refractivity contribution in [1.82, 2.24) is 0 Å². The third kappa shape index (κ3) is 1.82. The van der Waals surface area contributed by atoms with E-state index in [2.05, 4.69) is 0 Å². The van der Waals surface area contributed by atoms with Crippen molar-refractivity contribution in [3.8, 4) is 0 Å². The van der Waals surface area contributed by atoms with E-state index >= 15 is 0 Å². The molecule has 2 N–H and O–H groups in total. The summed E-state index contributed by atoms with van der Waals surface area (Å²) in [6.45, 7) is 3.93. The maximum absolute atomic E-state index is 8.79. The van der Waals surface area contributed by atoms with Crippen molar-refractivity contribution < 1.29 is 12.9 Å². The van der Waals surface area contributed by atoms with Gasteiger partial charge in [0.2, 0.25) is 0 Å². The van der Waals surface area contributed by atoms with Gasteiger partial charge in [0.25, 0.3) is 0 Å². The molecule has 0 aliphatic carbocycles. The highest BCUT2D eigenvalue weighted by Gasteiger charge is 2.10. The van der Waals surface area contributed by atoms with Crippen LogP contribution in [0.2, 0.25) is 0 Å². The number of hydrogen-bond acceptors (Lipinski definition) is 2. The van der Waals surface area contributed by atoms with Crippen molar-refractivity contribution in [1.29, 1.82) is 0 Å². The van der Waals surface area contributed by atoms with Gasteiger partial charge in [-0.2, -0.15) is 0 Å².